The van der Waals surface area contributed by atoms with Crippen LogP contribution in [0.5, 0.6) is 0 Å². The summed E-state index contributed by atoms with van der Waals surface area (Å²) in [4.78, 5) is 11.5. The second kappa shape index (κ2) is 3.70. The van der Waals surface area contributed by atoms with E-state index in [4.69, 9.17) is 0 Å². The second-order valence-electron chi connectivity index (χ2n) is 3.13. The quantitative estimate of drug-likeness (QED) is 0.594. The van der Waals surface area contributed by atoms with E-state index in [0.29, 0.717) is 11.7 Å². The molecule has 0 radical (unpaired) electrons. The minimum Gasteiger partial charge on any atom is -0.294 e. The Kier molecular flexibility index (Phi) is 2.86. The van der Waals surface area contributed by atoms with Crippen molar-refractivity contribution in [3.63, 3.8) is 0 Å². The molecular formula is C10H16O. The first kappa shape index (κ1) is 8.51. The largest absolute Gasteiger partial charge is 0.294 e. The Hall–Kier alpha value is -0.590. The highest BCUT2D eigenvalue weighted by Crippen LogP contribution is 2.24. The van der Waals surface area contributed by atoms with E-state index in [-0.39, 0.29) is 0 Å². The predicted molar refractivity (Wildman–Crippen MR) is 46.4 cm³/mol. The second-order valence-corrected chi connectivity index (χ2v) is 3.13. The maximum Gasteiger partial charge on any atom is 0.161 e. The van der Waals surface area contributed by atoms with Gasteiger partial charge in [0.1, 0.15) is 0 Å². The van der Waals surface area contributed by atoms with Crippen molar-refractivity contribution in [2.24, 2.45) is 5.92 Å². The van der Waals surface area contributed by atoms with Gasteiger partial charge < -0.3 is 0 Å². The summed E-state index contributed by atoms with van der Waals surface area (Å²) in [6, 6.07) is 0. The summed E-state index contributed by atoms with van der Waals surface area (Å²) in [5, 5.41) is 0. The molecule has 0 aromatic rings. The van der Waals surface area contributed by atoms with Crippen LogP contribution >= 0.6 is 0 Å². The summed E-state index contributed by atoms with van der Waals surface area (Å²) in [7, 11) is 0. The van der Waals surface area contributed by atoms with Crippen LogP contribution in [0.2, 0.25) is 0 Å². The third-order valence-electron chi connectivity index (χ3n) is 2.47. The molecule has 0 saturated heterocycles. The molecule has 0 bridgehead atoms. The zero-order valence-electron chi connectivity index (χ0n) is 7.39. The van der Waals surface area contributed by atoms with E-state index in [0.717, 1.165) is 31.3 Å². The Morgan fingerprint density at radius 1 is 1.55 bits per heavy atom. The van der Waals surface area contributed by atoms with Crippen molar-refractivity contribution in [3.8, 4) is 0 Å². The molecule has 0 saturated carbocycles. The molecule has 1 unspecified atom stereocenters. The fourth-order valence-corrected chi connectivity index (χ4v) is 1.66. The van der Waals surface area contributed by atoms with Crippen molar-refractivity contribution in [2.75, 3.05) is 0 Å². The van der Waals surface area contributed by atoms with Gasteiger partial charge in [0.2, 0.25) is 0 Å². The maximum atomic E-state index is 11.5. The van der Waals surface area contributed by atoms with Gasteiger partial charge in [-0.1, -0.05) is 19.9 Å². The van der Waals surface area contributed by atoms with Crippen LogP contribution in [-0.4, -0.2) is 5.78 Å². The lowest BCUT2D eigenvalue weighted by Gasteiger charge is -2.18. The van der Waals surface area contributed by atoms with Crippen LogP contribution in [-0.2, 0) is 4.79 Å². The number of hydrogen-bond donors (Lipinski definition) is 0. The summed E-state index contributed by atoms with van der Waals surface area (Å²) in [6.07, 6.45) is 6.20. The van der Waals surface area contributed by atoms with Crippen LogP contribution in [0.25, 0.3) is 0 Å². The third-order valence-corrected chi connectivity index (χ3v) is 2.47. The highest BCUT2D eigenvalue weighted by molar-refractivity contribution is 5.97. The van der Waals surface area contributed by atoms with Crippen LogP contribution in [0.4, 0.5) is 0 Å². The number of rotatable bonds is 2. The van der Waals surface area contributed by atoms with Gasteiger partial charge in [0.05, 0.1) is 0 Å². The van der Waals surface area contributed by atoms with Gasteiger partial charge in [-0.3, -0.25) is 4.79 Å². The molecule has 1 rings (SSSR count). The van der Waals surface area contributed by atoms with E-state index in [9.17, 15) is 4.79 Å². The molecule has 62 valence electrons. The standard InChI is InChI=1S/C10H16O/c1-3-8-6-5-7-9(4-2)10(8)11/h6,9H,3-5,7H2,1-2H3. The first-order valence-electron chi connectivity index (χ1n) is 4.52. The minimum atomic E-state index is 0.329. The molecule has 0 aliphatic heterocycles. The monoisotopic (exact) mass is 152 g/mol. The summed E-state index contributed by atoms with van der Waals surface area (Å²) < 4.78 is 0. The van der Waals surface area contributed by atoms with Gasteiger partial charge in [0, 0.05) is 5.92 Å². The molecular weight excluding hydrogens is 136 g/mol. The summed E-state index contributed by atoms with van der Waals surface area (Å²) in [5.74, 6) is 0.733. The summed E-state index contributed by atoms with van der Waals surface area (Å²) in [5.41, 5.74) is 1.06. The number of carbonyl (C=O) groups is 1. The number of Topliss-reactive ketones (excluding diaryl/α,β-unsaturated/α-hetero) is 1. The van der Waals surface area contributed by atoms with Crippen LogP contribution in [0.1, 0.15) is 39.5 Å². The molecule has 1 atom stereocenters. The molecule has 0 spiro atoms. The van der Waals surface area contributed by atoms with Gasteiger partial charge in [0.25, 0.3) is 0 Å². The molecule has 0 fully saturated rings. The first-order chi connectivity index (χ1) is 5.29. The summed E-state index contributed by atoms with van der Waals surface area (Å²) >= 11 is 0. The van der Waals surface area contributed by atoms with Crippen molar-refractivity contribution in [2.45, 2.75) is 39.5 Å². The van der Waals surface area contributed by atoms with Gasteiger partial charge in [-0.25, -0.2) is 0 Å². The van der Waals surface area contributed by atoms with Gasteiger partial charge in [-0.2, -0.15) is 0 Å². The van der Waals surface area contributed by atoms with Crippen molar-refractivity contribution in [1.29, 1.82) is 0 Å². The van der Waals surface area contributed by atoms with Gasteiger partial charge in [-0.15, -0.1) is 0 Å². The molecule has 1 aliphatic rings. The molecule has 0 aromatic carbocycles. The smallest absolute Gasteiger partial charge is 0.161 e. The molecule has 1 aliphatic carbocycles. The highest BCUT2D eigenvalue weighted by atomic mass is 16.1. The molecule has 0 N–H and O–H groups in total. The Labute approximate surface area is 68.5 Å². The number of hydrogen-bond acceptors (Lipinski definition) is 1. The van der Waals surface area contributed by atoms with E-state index in [1.807, 2.05) is 0 Å². The van der Waals surface area contributed by atoms with Crippen molar-refractivity contribution >= 4 is 5.78 Å². The van der Waals surface area contributed by atoms with E-state index in [2.05, 4.69) is 19.9 Å². The Morgan fingerprint density at radius 2 is 2.27 bits per heavy atom. The SMILES string of the molecule is CCC1=CCCC(CC)C1=O. The lowest BCUT2D eigenvalue weighted by Crippen LogP contribution is -2.19. The van der Waals surface area contributed by atoms with Crippen LogP contribution < -0.4 is 0 Å². The first-order valence-corrected chi connectivity index (χ1v) is 4.52. The third kappa shape index (κ3) is 1.70. The van der Waals surface area contributed by atoms with E-state index >= 15 is 0 Å². The Morgan fingerprint density at radius 3 is 2.82 bits per heavy atom. The van der Waals surface area contributed by atoms with Crippen LogP contribution in [0.3, 0.4) is 0 Å². The predicted octanol–water partition coefficient (Wildman–Crippen LogP) is 2.71. The normalized spacial score (nSPS) is 25.1. The van der Waals surface area contributed by atoms with Crippen molar-refractivity contribution < 1.29 is 4.79 Å². The fourth-order valence-electron chi connectivity index (χ4n) is 1.66. The molecule has 0 amide bonds. The number of ketones is 1. The molecule has 0 heterocycles. The highest BCUT2D eigenvalue weighted by Gasteiger charge is 2.21. The fraction of sp³-hybridized carbons (Fsp3) is 0.700. The molecule has 1 nitrogen and oxygen atoms in total. The summed E-state index contributed by atoms with van der Waals surface area (Å²) in [6.45, 7) is 4.16. The Bertz CT molecular complexity index is 179. The van der Waals surface area contributed by atoms with Gasteiger partial charge >= 0.3 is 0 Å². The number of carbonyl (C=O) groups excluding carboxylic acids is 1. The van der Waals surface area contributed by atoms with E-state index in [1.54, 1.807) is 0 Å². The lowest BCUT2D eigenvalue weighted by molar-refractivity contribution is -0.120. The zero-order chi connectivity index (χ0) is 8.27. The average Bonchev–Trinajstić information content (AvgIpc) is 2.05. The van der Waals surface area contributed by atoms with Gasteiger partial charge in [-0.05, 0) is 31.3 Å². The van der Waals surface area contributed by atoms with E-state index < -0.39 is 0 Å². The topological polar surface area (TPSA) is 17.1 Å². The molecule has 1 heteroatoms. The lowest BCUT2D eigenvalue weighted by atomic mass is 9.85. The van der Waals surface area contributed by atoms with Crippen LogP contribution in [0.15, 0.2) is 11.6 Å². The Balaban J connectivity index is 2.68. The average molecular weight is 152 g/mol. The number of allylic oxidation sites excluding steroid dienone is 2. The van der Waals surface area contributed by atoms with Crippen LogP contribution in [0, 0.1) is 5.92 Å². The molecule has 0 aromatic heterocycles. The van der Waals surface area contributed by atoms with Crippen molar-refractivity contribution in [1.82, 2.24) is 0 Å². The minimum absolute atomic E-state index is 0.329. The van der Waals surface area contributed by atoms with Gasteiger partial charge in [0.15, 0.2) is 5.78 Å². The maximum absolute atomic E-state index is 11.5. The van der Waals surface area contributed by atoms with Crippen molar-refractivity contribution in [3.05, 3.63) is 11.6 Å². The zero-order valence-corrected chi connectivity index (χ0v) is 7.39. The molecule has 11 heavy (non-hydrogen) atoms. The van der Waals surface area contributed by atoms with E-state index in [1.165, 1.54) is 0 Å².